The van der Waals surface area contributed by atoms with Crippen molar-refractivity contribution in [1.29, 1.82) is 0 Å². The number of hydrogen-bond donors (Lipinski definition) is 1. The molecule has 1 aliphatic heterocycles. The van der Waals surface area contributed by atoms with Crippen molar-refractivity contribution >= 4 is 23.3 Å². The average Bonchev–Trinajstić information content (AvgIpc) is 3.08. The molecule has 34 heavy (non-hydrogen) atoms. The monoisotopic (exact) mass is 454 g/mol. The maximum absolute atomic E-state index is 13.0. The van der Waals surface area contributed by atoms with Crippen molar-refractivity contribution in [2.75, 3.05) is 31.6 Å². The van der Waals surface area contributed by atoms with E-state index in [2.05, 4.69) is 37.0 Å². The number of nitrogens with zero attached hydrogens (tertiary/aromatic N) is 2. The number of Topliss-reactive ketones (excluding diaryl/α,β-unsaturated/α-hetero) is 2. The quantitative estimate of drug-likeness (QED) is 0.495. The van der Waals surface area contributed by atoms with Crippen molar-refractivity contribution in [2.24, 2.45) is 0 Å². The van der Waals surface area contributed by atoms with E-state index in [9.17, 15) is 14.7 Å². The molecule has 174 valence electrons. The van der Waals surface area contributed by atoms with E-state index in [0.717, 1.165) is 34.8 Å². The van der Waals surface area contributed by atoms with Gasteiger partial charge in [0, 0.05) is 48.3 Å². The fourth-order valence-corrected chi connectivity index (χ4v) is 4.55. The van der Waals surface area contributed by atoms with E-state index in [1.165, 1.54) is 0 Å². The number of aliphatic hydroxyl groups excluding tert-OH is 1. The molecule has 0 fully saturated rings. The third-order valence-electron chi connectivity index (χ3n) is 6.44. The van der Waals surface area contributed by atoms with Crippen molar-refractivity contribution < 1.29 is 14.7 Å². The van der Waals surface area contributed by atoms with Gasteiger partial charge in [-0.15, -0.1) is 0 Å². The second kappa shape index (κ2) is 9.65. The molecule has 0 amide bonds. The highest BCUT2D eigenvalue weighted by Crippen LogP contribution is 2.33. The predicted molar refractivity (Wildman–Crippen MR) is 137 cm³/mol. The van der Waals surface area contributed by atoms with E-state index in [1.54, 1.807) is 24.3 Å². The Kier molecular flexibility index (Phi) is 6.66. The number of rotatable bonds is 6. The fraction of sp³-hybridized carbons (Fsp3) is 0.241. The molecule has 0 aromatic heterocycles. The Labute approximate surface area is 201 Å². The second-order valence-electron chi connectivity index (χ2n) is 8.65. The number of aliphatic hydroxyl groups is 1. The lowest BCUT2D eigenvalue weighted by Crippen LogP contribution is -2.23. The van der Waals surface area contributed by atoms with Gasteiger partial charge in [-0.2, -0.15) is 0 Å². The average molecular weight is 455 g/mol. The number of fused-ring (bicyclic) bond motifs is 1. The largest absolute Gasteiger partial charge is 0.395 e. The number of anilines is 1. The first-order valence-corrected chi connectivity index (χ1v) is 11.6. The summed E-state index contributed by atoms with van der Waals surface area (Å²) >= 11 is 0. The Morgan fingerprint density at radius 2 is 1.65 bits per heavy atom. The summed E-state index contributed by atoms with van der Waals surface area (Å²) in [5.41, 5.74) is 7.04. The SMILES string of the molecule is CCN1C(C)=CC(=C2C(=O)c3ccccc3C2=O)C=C1C=Cc1ccc(N(C)CCO)cc1C. The van der Waals surface area contributed by atoms with Gasteiger partial charge in [0.05, 0.1) is 12.2 Å². The molecule has 0 saturated heterocycles. The van der Waals surface area contributed by atoms with Crippen LogP contribution in [0.5, 0.6) is 0 Å². The third-order valence-corrected chi connectivity index (χ3v) is 6.44. The number of hydrogen-bond acceptors (Lipinski definition) is 5. The van der Waals surface area contributed by atoms with Crippen LogP contribution in [0.15, 0.2) is 83.2 Å². The summed E-state index contributed by atoms with van der Waals surface area (Å²) in [7, 11) is 1.96. The van der Waals surface area contributed by atoms with E-state index in [1.807, 2.05) is 43.2 Å². The molecular weight excluding hydrogens is 424 g/mol. The van der Waals surface area contributed by atoms with Crippen molar-refractivity contribution in [3.8, 4) is 0 Å². The minimum atomic E-state index is -0.206. The summed E-state index contributed by atoms with van der Waals surface area (Å²) < 4.78 is 0. The number of benzene rings is 2. The standard InChI is InChI=1S/C29H30N2O3/c1-5-31-20(3)17-22(27-28(33)25-8-6-7-9-26(25)29(27)34)18-24(31)13-11-21-10-12-23(16-19(21)2)30(4)14-15-32/h6-13,16-18,32H,5,14-15H2,1-4H3. The van der Waals surface area contributed by atoms with Crippen LogP contribution in [-0.4, -0.2) is 48.3 Å². The van der Waals surface area contributed by atoms with Crippen LogP contribution in [0.25, 0.3) is 6.08 Å². The molecule has 1 N–H and O–H groups in total. The van der Waals surface area contributed by atoms with Crippen LogP contribution in [0, 0.1) is 6.92 Å². The molecule has 0 radical (unpaired) electrons. The van der Waals surface area contributed by atoms with Crippen LogP contribution in [-0.2, 0) is 0 Å². The molecule has 4 rings (SSSR count). The second-order valence-corrected chi connectivity index (χ2v) is 8.65. The molecule has 1 heterocycles. The van der Waals surface area contributed by atoms with Gasteiger partial charge in [0.15, 0.2) is 11.6 Å². The molecule has 5 nitrogen and oxygen atoms in total. The van der Waals surface area contributed by atoms with Crippen LogP contribution in [0.2, 0.25) is 0 Å². The van der Waals surface area contributed by atoms with Crippen LogP contribution in [0.1, 0.15) is 45.7 Å². The van der Waals surface area contributed by atoms with Gasteiger partial charge < -0.3 is 14.9 Å². The molecule has 2 aliphatic rings. The van der Waals surface area contributed by atoms with Crippen LogP contribution in [0.3, 0.4) is 0 Å². The molecule has 0 unspecified atom stereocenters. The third kappa shape index (κ3) is 4.27. The number of ketones is 2. The van der Waals surface area contributed by atoms with Crippen molar-refractivity contribution in [1.82, 2.24) is 4.90 Å². The minimum absolute atomic E-state index is 0.110. The molecule has 5 heteroatoms. The van der Waals surface area contributed by atoms with E-state index < -0.39 is 0 Å². The lowest BCUT2D eigenvalue weighted by Gasteiger charge is -2.29. The Hall–Kier alpha value is -3.70. The number of carbonyl (C=O) groups excluding carboxylic acids is 2. The first-order chi connectivity index (χ1) is 16.3. The van der Waals surface area contributed by atoms with E-state index in [4.69, 9.17) is 0 Å². The van der Waals surface area contributed by atoms with E-state index in [0.29, 0.717) is 23.2 Å². The number of likely N-dealkylation sites (N-methyl/N-ethyl adjacent to an activating group) is 2. The topological polar surface area (TPSA) is 60.9 Å². The van der Waals surface area contributed by atoms with Crippen LogP contribution in [0.4, 0.5) is 5.69 Å². The maximum Gasteiger partial charge on any atom is 0.198 e. The van der Waals surface area contributed by atoms with Crippen LogP contribution < -0.4 is 4.90 Å². The van der Waals surface area contributed by atoms with Gasteiger partial charge >= 0.3 is 0 Å². The van der Waals surface area contributed by atoms with E-state index in [-0.39, 0.29) is 23.7 Å². The summed E-state index contributed by atoms with van der Waals surface area (Å²) in [4.78, 5) is 30.3. The highest BCUT2D eigenvalue weighted by Gasteiger charge is 2.35. The minimum Gasteiger partial charge on any atom is -0.395 e. The summed E-state index contributed by atoms with van der Waals surface area (Å²) in [6.45, 7) is 7.60. The molecule has 0 bridgehead atoms. The highest BCUT2D eigenvalue weighted by atomic mass is 16.3. The van der Waals surface area contributed by atoms with E-state index >= 15 is 0 Å². The summed E-state index contributed by atoms with van der Waals surface area (Å²) in [5.74, 6) is -0.412. The summed E-state index contributed by atoms with van der Waals surface area (Å²) in [6, 6.07) is 13.2. The van der Waals surface area contributed by atoms with Gasteiger partial charge in [0.25, 0.3) is 0 Å². The molecule has 1 aliphatic carbocycles. The number of aryl methyl sites for hydroxylation is 1. The zero-order valence-electron chi connectivity index (χ0n) is 20.1. The summed E-state index contributed by atoms with van der Waals surface area (Å²) in [5, 5.41) is 9.19. The van der Waals surface area contributed by atoms with Gasteiger partial charge in [-0.3, -0.25) is 9.59 Å². The van der Waals surface area contributed by atoms with Gasteiger partial charge in [-0.1, -0.05) is 36.4 Å². The van der Waals surface area contributed by atoms with Crippen LogP contribution >= 0.6 is 0 Å². The Balaban J connectivity index is 1.70. The Morgan fingerprint density at radius 1 is 0.971 bits per heavy atom. The van der Waals surface area contributed by atoms with Gasteiger partial charge in [0.2, 0.25) is 0 Å². The lowest BCUT2D eigenvalue weighted by molar-refractivity contribution is 0.0988. The van der Waals surface area contributed by atoms with Gasteiger partial charge in [-0.25, -0.2) is 0 Å². The zero-order valence-corrected chi connectivity index (χ0v) is 20.1. The molecular formula is C29H30N2O3. The molecule has 0 spiro atoms. The van der Waals surface area contributed by atoms with Gasteiger partial charge in [-0.05, 0) is 67.8 Å². The first-order valence-electron chi connectivity index (χ1n) is 11.6. The smallest absolute Gasteiger partial charge is 0.198 e. The number of carbonyl (C=O) groups is 2. The maximum atomic E-state index is 13.0. The van der Waals surface area contributed by atoms with Crippen molar-refractivity contribution in [2.45, 2.75) is 20.8 Å². The Morgan fingerprint density at radius 3 is 2.24 bits per heavy atom. The fourth-order valence-electron chi connectivity index (χ4n) is 4.55. The normalized spacial score (nSPS) is 15.7. The zero-order chi connectivity index (χ0) is 24.4. The summed E-state index contributed by atoms with van der Waals surface area (Å²) in [6.07, 6.45) is 7.96. The van der Waals surface area contributed by atoms with Crippen molar-refractivity contribution in [3.63, 3.8) is 0 Å². The predicted octanol–water partition coefficient (Wildman–Crippen LogP) is 4.94. The Bertz CT molecular complexity index is 1240. The van der Waals surface area contributed by atoms with Gasteiger partial charge in [0.1, 0.15) is 0 Å². The molecule has 2 aromatic rings. The number of allylic oxidation sites excluding steroid dienone is 6. The molecule has 2 aromatic carbocycles. The van der Waals surface area contributed by atoms with Crippen molar-refractivity contribution in [3.05, 3.63) is 105 Å². The highest BCUT2D eigenvalue weighted by molar-refractivity contribution is 6.40. The molecule has 0 atom stereocenters. The first kappa shape index (κ1) is 23.5. The lowest BCUT2D eigenvalue weighted by atomic mass is 9.98. The molecule has 0 saturated carbocycles.